The average Bonchev–Trinajstić information content (AvgIpc) is 3.34. The number of nitrogens with zero attached hydrogens (tertiary/aromatic N) is 1. The molecule has 0 atom stereocenters. The van der Waals surface area contributed by atoms with Crippen LogP contribution in [0.2, 0.25) is 0 Å². The number of hydrogen-bond acceptors (Lipinski definition) is 2. The first-order chi connectivity index (χ1) is 11.8. The normalized spacial score (nSPS) is 17.4. The van der Waals surface area contributed by atoms with E-state index in [4.69, 9.17) is 0 Å². The summed E-state index contributed by atoms with van der Waals surface area (Å²) in [7, 11) is 0. The fourth-order valence-electron chi connectivity index (χ4n) is 3.69. The zero-order valence-corrected chi connectivity index (χ0v) is 17.5. The molecule has 1 N–H and O–H groups in total. The number of phenolic OH excluding ortho intramolecular Hbond substituents is 1. The molecule has 8 heteroatoms. The van der Waals surface area contributed by atoms with Gasteiger partial charge in [0, 0.05) is 24.1 Å². The van der Waals surface area contributed by atoms with Crippen LogP contribution in [0.25, 0.3) is 0 Å². The molecule has 4 rings (SSSR count). The SMILES string of the molecule is O=C(c1cccc([B-](F)(F)F)c1)N1Cc2ccc(O)cc2C2(CC2)C1.[K+]. The Hall–Kier alpha value is -0.799. The van der Waals surface area contributed by atoms with Crippen molar-refractivity contribution in [2.75, 3.05) is 6.54 Å². The zero-order chi connectivity index (χ0) is 17.8. The van der Waals surface area contributed by atoms with E-state index < -0.39 is 12.4 Å². The Morgan fingerprint density at radius 3 is 2.50 bits per heavy atom. The van der Waals surface area contributed by atoms with E-state index in [1.807, 2.05) is 0 Å². The number of hydrogen-bond donors (Lipinski definition) is 1. The molecule has 0 saturated heterocycles. The number of phenols is 1. The number of halogens is 3. The fraction of sp³-hybridized carbons (Fsp3) is 0.278. The molecule has 1 heterocycles. The van der Waals surface area contributed by atoms with Crippen molar-refractivity contribution < 1.29 is 74.2 Å². The van der Waals surface area contributed by atoms with E-state index in [9.17, 15) is 22.8 Å². The smallest absolute Gasteiger partial charge is 0.508 e. The van der Waals surface area contributed by atoms with Gasteiger partial charge in [-0.1, -0.05) is 24.3 Å². The predicted octanol–water partition coefficient (Wildman–Crippen LogP) is 0.138. The summed E-state index contributed by atoms with van der Waals surface area (Å²) in [6.07, 6.45) is 1.83. The molecule has 0 aromatic heterocycles. The van der Waals surface area contributed by atoms with E-state index in [-0.39, 0.29) is 74.0 Å². The van der Waals surface area contributed by atoms with Crippen LogP contribution >= 0.6 is 0 Å². The first kappa shape index (κ1) is 19.9. The van der Waals surface area contributed by atoms with Gasteiger partial charge in [-0.25, -0.2) is 0 Å². The van der Waals surface area contributed by atoms with Crippen LogP contribution in [0.3, 0.4) is 0 Å². The molecule has 1 aliphatic carbocycles. The van der Waals surface area contributed by atoms with Crippen molar-refractivity contribution in [1.82, 2.24) is 4.90 Å². The van der Waals surface area contributed by atoms with E-state index in [0.717, 1.165) is 36.1 Å². The molecule has 130 valence electrons. The number of benzene rings is 2. The maximum absolute atomic E-state index is 13.0. The maximum atomic E-state index is 13.0. The van der Waals surface area contributed by atoms with Gasteiger partial charge in [0.2, 0.25) is 0 Å². The van der Waals surface area contributed by atoms with Crippen LogP contribution in [0, 0.1) is 0 Å². The molecule has 0 unspecified atom stereocenters. The van der Waals surface area contributed by atoms with E-state index >= 15 is 0 Å². The second kappa shape index (κ2) is 6.98. The Bertz CT molecular complexity index is 868. The summed E-state index contributed by atoms with van der Waals surface area (Å²) in [6, 6.07) is 9.76. The molecule has 1 amide bonds. The summed E-state index contributed by atoms with van der Waals surface area (Å²) in [6.45, 7) is -4.31. The average molecular weight is 385 g/mol. The third kappa shape index (κ3) is 3.62. The third-order valence-electron chi connectivity index (χ3n) is 5.17. The zero-order valence-electron chi connectivity index (χ0n) is 14.4. The molecule has 26 heavy (non-hydrogen) atoms. The van der Waals surface area contributed by atoms with E-state index in [0.29, 0.717) is 13.1 Å². The minimum absolute atomic E-state index is 0. The van der Waals surface area contributed by atoms with Gasteiger partial charge in [0.05, 0.1) is 0 Å². The molecular weight excluding hydrogens is 369 g/mol. The van der Waals surface area contributed by atoms with E-state index in [2.05, 4.69) is 0 Å². The third-order valence-corrected chi connectivity index (χ3v) is 5.17. The maximum Gasteiger partial charge on any atom is 1.00 e. The Labute approximate surface area is 192 Å². The largest absolute Gasteiger partial charge is 1.00 e. The van der Waals surface area contributed by atoms with Crippen LogP contribution in [-0.2, 0) is 12.0 Å². The molecule has 2 aliphatic rings. The van der Waals surface area contributed by atoms with Crippen molar-refractivity contribution in [3.8, 4) is 5.75 Å². The second-order valence-corrected chi connectivity index (χ2v) is 6.98. The van der Waals surface area contributed by atoms with Crippen molar-refractivity contribution in [2.45, 2.75) is 24.8 Å². The summed E-state index contributed by atoms with van der Waals surface area (Å²) in [5.41, 5.74) is 1.16. The molecule has 0 radical (unpaired) electrons. The van der Waals surface area contributed by atoms with Crippen LogP contribution in [0.1, 0.15) is 34.3 Å². The number of amides is 1. The summed E-state index contributed by atoms with van der Waals surface area (Å²) >= 11 is 0. The van der Waals surface area contributed by atoms with Crippen molar-refractivity contribution in [3.05, 3.63) is 59.2 Å². The molecule has 0 bridgehead atoms. The van der Waals surface area contributed by atoms with Gasteiger partial charge in [-0.15, -0.1) is 5.46 Å². The van der Waals surface area contributed by atoms with Gasteiger partial charge in [0.1, 0.15) is 5.75 Å². The topological polar surface area (TPSA) is 40.5 Å². The molecular formula is C18H16BF3KNO2. The van der Waals surface area contributed by atoms with E-state index in [1.165, 1.54) is 12.1 Å². The Kier molecular flexibility index (Phi) is 5.36. The minimum atomic E-state index is -5.13. The van der Waals surface area contributed by atoms with Gasteiger partial charge in [0.15, 0.2) is 0 Å². The molecule has 2 aromatic rings. The summed E-state index contributed by atoms with van der Waals surface area (Å²) < 4.78 is 38.9. The van der Waals surface area contributed by atoms with Crippen LogP contribution in [0.5, 0.6) is 5.75 Å². The number of carbonyl (C=O) groups excluding carboxylic acids is 1. The standard InChI is InChI=1S/C18H16BF3NO2.K/c20-19(21,22)14-3-1-2-12(8-14)17(25)23-10-13-4-5-15(24)9-16(13)18(11-23)6-7-18;/h1-5,8-9,24H,6-7,10-11H2;/q-1;+1. The molecule has 1 spiro atoms. The first-order valence-electron chi connectivity index (χ1n) is 8.20. The second-order valence-electron chi connectivity index (χ2n) is 6.98. The van der Waals surface area contributed by atoms with Crippen molar-refractivity contribution in [1.29, 1.82) is 0 Å². The van der Waals surface area contributed by atoms with Crippen molar-refractivity contribution in [3.63, 3.8) is 0 Å². The van der Waals surface area contributed by atoms with Crippen LogP contribution in [-0.4, -0.2) is 29.4 Å². The quantitative estimate of drug-likeness (QED) is 0.748. The minimum Gasteiger partial charge on any atom is -0.508 e. The van der Waals surface area contributed by atoms with Gasteiger partial charge in [0.25, 0.3) is 5.91 Å². The van der Waals surface area contributed by atoms with Gasteiger partial charge < -0.3 is 23.0 Å². The van der Waals surface area contributed by atoms with Crippen molar-refractivity contribution >= 4 is 18.3 Å². The van der Waals surface area contributed by atoms with Crippen LogP contribution < -0.4 is 56.8 Å². The van der Waals surface area contributed by atoms with Crippen LogP contribution in [0.15, 0.2) is 42.5 Å². The monoisotopic (exact) mass is 385 g/mol. The molecule has 3 nitrogen and oxygen atoms in total. The molecule has 1 aliphatic heterocycles. The summed E-state index contributed by atoms with van der Waals surface area (Å²) in [4.78, 5) is 14.4. The molecule has 1 fully saturated rings. The molecule has 2 aromatic carbocycles. The molecule has 1 saturated carbocycles. The van der Waals surface area contributed by atoms with Gasteiger partial charge >= 0.3 is 58.4 Å². The number of carbonyl (C=O) groups is 1. The van der Waals surface area contributed by atoms with Gasteiger partial charge in [-0.3, -0.25) is 4.79 Å². The fourth-order valence-corrected chi connectivity index (χ4v) is 3.69. The Morgan fingerprint density at radius 1 is 1.12 bits per heavy atom. The van der Waals surface area contributed by atoms with Crippen LogP contribution in [0.4, 0.5) is 12.9 Å². The Morgan fingerprint density at radius 2 is 1.85 bits per heavy atom. The van der Waals surface area contributed by atoms with Gasteiger partial charge in [-0.2, -0.15) is 0 Å². The predicted molar refractivity (Wildman–Crippen MR) is 88.9 cm³/mol. The Balaban J connectivity index is 0.00000196. The summed E-state index contributed by atoms with van der Waals surface area (Å²) in [5.74, 6) is -0.184. The van der Waals surface area contributed by atoms with Crippen molar-refractivity contribution in [2.24, 2.45) is 0 Å². The number of fused-ring (bicyclic) bond motifs is 2. The number of rotatable bonds is 2. The first-order valence-corrected chi connectivity index (χ1v) is 8.20. The van der Waals surface area contributed by atoms with E-state index in [1.54, 1.807) is 23.1 Å². The number of aromatic hydroxyl groups is 1. The van der Waals surface area contributed by atoms with Gasteiger partial charge in [-0.05, 0) is 42.2 Å². The summed E-state index contributed by atoms with van der Waals surface area (Å²) in [5, 5.41) is 9.72.